The Morgan fingerprint density at radius 2 is 1.65 bits per heavy atom. The first-order valence-electron chi connectivity index (χ1n) is 10.6. The van der Waals surface area contributed by atoms with Gasteiger partial charge < -0.3 is 19.5 Å². The Hall–Kier alpha value is -3.28. The monoisotopic (exact) mass is 423 g/mol. The summed E-state index contributed by atoms with van der Waals surface area (Å²) in [6, 6.07) is 13.4. The molecule has 1 aliphatic rings. The number of hydrogen-bond donors (Lipinski definition) is 1. The van der Waals surface area contributed by atoms with Crippen LogP contribution < -0.4 is 9.47 Å². The maximum Gasteiger partial charge on any atom is 0.295 e. The maximum absolute atomic E-state index is 13.0. The van der Waals surface area contributed by atoms with Crippen molar-refractivity contribution in [3.8, 4) is 11.5 Å². The van der Waals surface area contributed by atoms with Crippen molar-refractivity contribution in [3.05, 3.63) is 65.2 Å². The molecule has 1 atom stereocenters. The van der Waals surface area contributed by atoms with Crippen LogP contribution in [-0.2, 0) is 9.59 Å². The average molecular weight is 424 g/mol. The Morgan fingerprint density at radius 1 is 1.03 bits per heavy atom. The zero-order valence-corrected chi connectivity index (χ0v) is 18.4. The third-order valence-electron chi connectivity index (χ3n) is 5.22. The molecule has 1 unspecified atom stereocenters. The van der Waals surface area contributed by atoms with Crippen molar-refractivity contribution in [2.75, 3.05) is 13.7 Å². The van der Waals surface area contributed by atoms with Crippen LogP contribution in [0.2, 0.25) is 0 Å². The number of nitrogens with zero attached hydrogens (tertiary/aromatic N) is 1. The van der Waals surface area contributed by atoms with E-state index in [0.717, 1.165) is 18.4 Å². The lowest BCUT2D eigenvalue weighted by molar-refractivity contribution is -0.139. The summed E-state index contributed by atoms with van der Waals surface area (Å²) in [6.45, 7) is 6.36. The van der Waals surface area contributed by atoms with Gasteiger partial charge in [-0.05, 0) is 62.2 Å². The maximum atomic E-state index is 13.0. The zero-order chi connectivity index (χ0) is 22.5. The van der Waals surface area contributed by atoms with Crippen molar-refractivity contribution in [3.63, 3.8) is 0 Å². The summed E-state index contributed by atoms with van der Waals surface area (Å²) in [5.41, 5.74) is 1.31. The highest BCUT2D eigenvalue weighted by Crippen LogP contribution is 2.40. The SMILES string of the molecule is CCCCN1C(=O)C(=O)/C(=C(\O)c2ccc(OC)cc2)C1c1ccc(OC(C)C)cc1. The van der Waals surface area contributed by atoms with Crippen molar-refractivity contribution in [1.82, 2.24) is 4.90 Å². The van der Waals surface area contributed by atoms with E-state index in [9.17, 15) is 14.7 Å². The normalized spacial score (nSPS) is 18.0. The number of likely N-dealkylation sites (tertiary alicyclic amines) is 1. The minimum atomic E-state index is -0.670. The van der Waals surface area contributed by atoms with Gasteiger partial charge in [-0.25, -0.2) is 0 Å². The van der Waals surface area contributed by atoms with Crippen LogP contribution in [0, 0.1) is 0 Å². The Kier molecular flexibility index (Phi) is 7.00. The molecule has 1 amide bonds. The number of ketones is 1. The Balaban J connectivity index is 2.07. The third-order valence-corrected chi connectivity index (χ3v) is 5.22. The molecule has 0 saturated carbocycles. The number of Topliss-reactive ketones (excluding diaryl/α,β-unsaturated/α-hetero) is 1. The molecule has 0 aliphatic carbocycles. The zero-order valence-electron chi connectivity index (χ0n) is 18.4. The minimum Gasteiger partial charge on any atom is -0.507 e. The fourth-order valence-corrected chi connectivity index (χ4v) is 3.69. The van der Waals surface area contributed by atoms with Gasteiger partial charge in [0.1, 0.15) is 17.3 Å². The van der Waals surface area contributed by atoms with Gasteiger partial charge in [0, 0.05) is 12.1 Å². The van der Waals surface area contributed by atoms with E-state index in [0.29, 0.717) is 23.6 Å². The van der Waals surface area contributed by atoms with Crippen LogP contribution in [0.5, 0.6) is 11.5 Å². The van der Waals surface area contributed by atoms with Crippen molar-refractivity contribution < 1.29 is 24.2 Å². The Labute approximate surface area is 183 Å². The highest BCUT2D eigenvalue weighted by atomic mass is 16.5. The number of hydrogen-bond acceptors (Lipinski definition) is 5. The fourth-order valence-electron chi connectivity index (χ4n) is 3.69. The van der Waals surface area contributed by atoms with E-state index in [1.165, 1.54) is 0 Å². The number of methoxy groups -OCH3 is 1. The summed E-state index contributed by atoms with van der Waals surface area (Å²) in [7, 11) is 1.56. The molecule has 6 nitrogen and oxygen atoms in total. The molecule has 1 saturated heterocycles. The highest BCUT2D eigenvalue weighted by molar-refractivity contribution is 6.46. The van der Waals surface area contributed by atoms with Crippen molar-refractivity contribution >= 4 is 17.4 Å². The lowest BCUT2D eigenvalue weighted by atomic mass is 9.95. The van der Waals surface area contributed by atoms with Crippen LogP contribution >= 0.6 is 0 Å². The molecule has 164 valence electrons. The van der Waals surface area contributed by atoms with E-state index in [1.807, 2.05) is 45.0 Å². The van der Waals surface area contributed by atoms with Gasteiger partial charge in [-0.15, -0.1) is 0 Å². The van der Waals surface area contributed by atoms with Crippen LogP contribution in [0.15, 0.2) is 54.1 Å². The number of unbranched alkanes of at least 4 members (excludes halogenated alkanes) is 1. The molecule has 1 N–H and O–H groups in total. The number of amides is 1. The van der Waals surface area contributed by atoms with Gasteiger partial charge in [0.15, 0.2) is 0 Å². The summed E-state index contributed by atoms with van der Waals surface area (Å²) in [5.74, 6) is -0.0999. The number of carbonyl (C=O) groups excluding carboxylic acids is 2. The molecular formula is C25H29NO5. The van der Waals surface area contributed by atoms with Crippen LogP contribution in [0.3, 0.4) is 0 Å². The second kappa shape index (κ2) is 9.69. The lowest BCUT2D eigenvalue weighted by Crippen LogP contribution is -2.30. The van der Waals surface area contributed by atoms with Gasteiger partial charge >= 0.3 is 0 Å². The molecule has 31 heavy (non-hydrogen) atoms. The molecule has 1 fully saturated rings. The first-order valence-corrected chi connectivity index (χ1v) is 10.6. The van der Waals surface area contributed by atoms with Crippen LogP contribution in [0.1, 0.15) is 50.8 Å². The molecule has 3 rings (SSSR count). The van der Waals surface area contributed by atoms with Gasteiger partial charge in [0.25, 0.3) is 11.7 Å². The Morgan fingerprint density at radius 3 is 2.19 bits per heavy atom. The van der Waals surface area contributed by atoms with Gasteiger partial charge in [0.2, 0.25) is 0 Å². The number of ether oxygens (including phenoxy) is 2. The molecule has 0 spiro atoms. The fraction of sp³-hybridized carbons (Fsp3) is 0.360. The van der Waals surface area contributed by atoms with Crippen molar-refractivity contribution in [2.24, 2.45) is 0 Å². The van der Waals surface area contributed by atoms with Crippen molar-refractivity contribution in [1.29, 1.82) is 0 Å². The predicted octanol–water partition coefficient (Wildman–Crippen LogP) is 4.70. The van der Waals surface area contributed by atoms with Gasteiger partial charge in [0.05, 0.1) is 24.8 Å². The third kappa shape index (κ3) is 4.74. The summed E-state index contributed by atoms with van der Waals surface area (Å²) in [5, 5.41) is 11.0. The van der Waals surface area contributed by atoms with E-state index in [2.05, 4.69) is 0 Å². The summed E-state index contributed by atoms with van der Waals surface area (Å²) < 4.78 is 10.9. The molecule has 0 radical (unpaired) electrons. The number of carbonyl (C=O) groups is 2. The smallest absolute Gasteiger partial charge is 0.295 e. The number of aliphatic hydroxyl groups is 1. The van der Waals surface area contributed by atoms with Crippen LogP contribution in [0.4, 0.5) is 0 Å². The molecule has 1 aliphatic heterocycles. The summed E-state index contributed by atoms with van der Waals surface area (Å²) in [4.78, 5) is 27.3. The molecule has 2 aromatic rings. The first-order chi connectivity index (χ1) is 14.9. The van der Waals surface area contributed by atoms with Gasteiger partial charge in [-0.2, -0.15) is 0 Å². The predicted molar refractivity (Wildman–Crippen MR) is 119 cm³/mol. The minimum absolute atomic E-state index is 0.0381. The standard InChI is InChI=1S/C25H29NO5/c1-5-6-15-26-22(17-7-13-20(14-8-17)31-16(2)3)21(24(28)25(26)29)23(27)18-9-11-19(30-4)12-10-18/h7-14,16,22,27H,5-6,15H2,1-4H3/b23-21-. The van der Waals surface area contributed by atoms with Gasteiger partial charge in [-0.3, -0.25) is 9.59 Å². The highest BCUT2D eigenvalue weighted by Gasteiger charge is 2.45. The first kappa shape index (κ1) is 22.4. The topological polar surface area (TPSA) is 76.1 Å². The van der Waals surface area contributed by atoms with E-state index < -0.39 is 17.7 Å². The molecule has 0 bridgehead atoms. The number of benzene rings is 2. The van der Waals surface area contributed by atoms with Crippen LogP contribution in [-0.4, -0.2) is 41.5 Å². The van der Waals surface area contributed by atoms with E-state index in [1.54, 1.807) is 36.3 Å². The summed E-state index contributed by atoms with van der Waals surface area (Å²) >= 11 is 0. The molecular weight excluding hydrogens is 394 g/mol. The second-order valence-electron chi connectivity index (χ2n) is 7.81. The Bertz CT molecular complexity index is 960. The number of aliphatic hydroxyl groups excluding tert-OH is 1. The lowest BCUT2D eigenvalue weighted by Gasteiger charge is -2.25. The largest absolute Gasteiger partial charge is 0.507 e. The van der Waals surface area contributed by atoms with Crippen molar-refractivity contribution in [2.45, 2.75) is 45.8 Å². The molecule has 1 heterocycles. The summed E-state index contributed by atoms with van der Waals surface area (Å²) in [6.07, 6.45) is 1.69. The van der Waals surface area contributed by atoms with E-state index in [-0.39, 0.29) is 17.4 Å². The molecule has 6 heteroatoms. The molecule has 0 aromatic heterocycles. The van der Waals surface area contributed by atoms with Crippen LogP contribution in [0.25, 0.3) is 5.76 Å². The van der Waals surface area contributed by atoms with Gasteiger partial charge in [-0.1, -0.05) is 25.5 Å². The van der Waals surface area contributed by atoms with E-state index in [4.69, 9.17) is 9.47 Å². The second-order valence-corrected chi connectivity index (χ2v) is 7.81. The van der Waals surface area contributed by atoms with E-state index >= 15 is 0 Å². The quantitative estimate of drug-likeness (QED) is 0.378. The number of rotatable bonds is 8. The average Bonchev–Trinajstić information content (AvgIpc) is 3.02. The molecule has 2 aromatic carbocycles.